The summed E-state index contributed by atoms with van der Waals surface area (Å²) < 4.78 is 4.86. The molecule has 0 amide bonds. The Morgan fingerprint density at radius 1 is 0.231 bits per heavy atom. The van der Waals surface area contributed by atoms with Gasteiger partial charge in [-0.05, 0) is 221 Å². The van der Waals surface area contributed by atoms with Crippen LogP contribution in [0.5, 0.6) is 0 Å². The molecule has 0 saturated heterocycles. The van der Waals surface area contributed by atoms with E-state index in [-0.39, 0.29) is 5.41 Å². The summed E-state index contributed by atoms with van der Waals surface area (Å²) in [5.41, 5.74) is 35.6. The number of fused-ring (bicyclic) bond motifs is 20. The van der Waals surface area contributed by atoms with Gasteiger partial charge >= 0.3 is 0 Å². The molecule has 0 bridgehead atoms. The average molecular weight is 1380 g/mol. The number of nitrogens with zero attached hydrogens (tertiary/aromatic N) is 4. The number of anilines is 6. The molecule has 0 radical (unpaired) electrons. The first-order valence-electron chi connectivity index (χ1n) is 37.6. The van der Waals surface area contributed by atoms with Crippen LogP contribution in [-0.4, -0.2) is 9.13 Å². The summed E-state index contributed by atoms with van der Waals surface area (Å²) in [6, 6.07) is 145. The third kappa shape index (κ3) is 9.04. The quantitative estimate of drug-likeness (QED) is 0.128. The van der Waals surface area contributed by atoms with Crippen LogP contribution in [-0.2, 0) is 10.8 Å². The molecule has 2 aromatic heterocycles. The number of hydrogen-bond acceptors (Lipinski definition) is 2. The zero-order valence-corrected chi connectivity index (χ0v) is 59.7. The molecule has 506 valence electrons. The SMILES string of the molecule is CC1(C)c2ccccc2-c2ccc(N(c3ccc(-c4ccc(-n5c6ccccc6c6c(-c7cccc8c7-c7ccc(N(c9ccccc9)c9ccc(-c%10ccc(-n%11c%12ccccc%12c%12ccccc%12%11)cc%10)cc9)cc7C87c8ccccc8-c8ccccc87)cccc65)cc4)cc3)c3cccc4ccccc34)cc21. The first kappa shape index (κ1) is 61.7. The molecule has 0 aliphatic heterocycles. The molecule has 0 saturated carbocycles. The van der Waals surface area contributed by atoms with Crippen LogP contribution in [0.4, 0.5) is 34.1 Å². The van der Waals surface area contributed by atoms with Crippen molar-refractivity contribution in [3.05, 3.63) is 422 Å². The summed E-state index contributed by atoms with van der Waals surface area (Å²) in [7, 11) is 0. The Kier molecular flexibility index (Phi) is 13.6. The van der Waals surface area contributed by atoms with Crippen molar-refractivity contribution in [1.82, 2.24) is 9.13 Å². The van der Waals surface area contributed by atoms with Crippen LogP contribution in [0, 0.1) is 0 Å². The third-order valence-corrected chi connectivity index (χ3v) is 23.9. The van der Waals surface area contributed by atoms with Gasteiger partial charge in [-0.3, -0.25) is 0 Å². The summed E-state index contributed by atoms with van der Waals surface area (Å²) in [6.45, 7) is 4.73. The largest absolute Gasteiger partial charge is 0.310 e. The van der Waals surface area contributed by atoms with Crippen LogP contribution in [0.25, 0.3) is 133 Å². The van der Waals surface area contributed by atoms with Crippen molar-refractivity contribution < 1.29 is 0 Å². The number of hydrogen-bond donors (Lipinski definition) is 0. The highest BCUT2D eigenvalue weighted by Crippen LogP contribution is 2.65. The van der Waals surface area contributed by atoms with Crippen molar-refractivity contribution >= 4 is 88.5 Å². The van der Waals surface area contributed by atoms with Crippen molar-refractivity contribution in [3.63, 3.8) is 0 Å². The lowest BCUT2D eigenvalue weighted by Gasteiger charge is -2.32. The van der Waals surface area contributed by atoms with E-state index >= 15 is 0 Å². The topological polar surface area (TPSA) is 16.3 Å². The summed E-state index contributed by atoms with van der Waals surface area (Å²) in [5, 5.41) is 7.40. The molecule has 0 fully saturated rings. The second kappa shape index (κ2) is 23.9. The van der Waals surface area contributed by atoms with E-state index in [1.54, 1.807) is 0 Å². The third-order valence-electron chi connectivity index (χ3n) is 23.9. The summed E-state index contributed by atoms with van der Waals surface area (Å²) in [4.78, 5) is 4.89. The summed E-state index contributed by atoms with van der Waals surface area (Å²) >= 11 is 0. The van der Waals surface area contributed by atoms with E-state index < -0.39 is 5.41 Å². The lowest BCUT2D eigenvalue weighted by atomic mass is 9.70. The van der Waals surface area contributed by atoms with Crippen molar-refractivity contribution in [3.8, 4) is 78.1 Å². The predicted molar refractivity (Wildman–Crippen MR) is 452 cm³/mol. The fourth-order valence-corrected chi connectivity index (χ4v) is 19.2. The number of benzene rings is 17. The highest BCUT2D eigenvalue weighted by atomic mass is 15.1. The van der Waals surface area contributed by atoms with Gasteiger partial charge in [0.1, 0.15) is 0 Å². The van der Waals surface area contributed by atoms with E-state index in [0.717, 1.165) is 67.7 Å². The molecule has 22 rings (SSSR count). The molecule has 2 heterocycles. The predicted octanol–water partition coefficient (Wildman–Crippen LogP) is 27.6. The second-order valence-corrected chi connectivity index (χ2v) is 29.8. The Morgan fingerprint density at radius 3 is 1.25 bits per heavy atom. The van der Waals surface area contributed by atoms with E-state index in [0.29, 0.717) is 0 Å². The zero-order valence-electron chi connectivity index (χ0n) is 59.7. The zero-order chi connectivity index (χ0) is 71.3. The Hall–Kier alpha value is -13.8. The van der Waals surface area contributed by atoms with Crippen molar-refractivity contribution in [2.75, 3.05) is 9.80 Å². The summed E-state index contributed by atoms with van der Waals surface area (Å²) in [6.07, 6.45) is 0. The molecule has 4 heteroatoms. The number of rotatable bonds is 11. The van der Waals surface area contributed by atoms with Crippen molar-refractivity contribution in [2.24, 2.45) is 0 Å². The smallest absolute Gasteiger partial charge is 0.0726 e. The van der Waals surface area contributed by atoms with Crippen molar-refractivity contribution in [1.29, 1.82) is 0 Å². The normalized spacial score (nSPS) is 13.2. The first-order valence-corrected chi connectivity index (χ1v) is 37.6. The maximum absolute atomic E-state index is 2.52. The van der Waals surface area contributed by atoms with Crippen LogP contribution in [0.3, 0.4) is 0 Å². The lowest BCUT2D eigenvalue weighted by Crippen LogP contribution is -2.26. The Morgan fingerprint density at radius 2 is 0.620 bits per heavy atom. The maximum Gasteiger partial charge on any atom is 0.0726 e. The van der Waals surface area contributed by atoms with Gasteiger partial charge in [-0.2, -0.15) is 0 Å². The van der Waals surface area contributed by atoms with Crippen molar-refractivity contribution in [2.45, 2.75) is 24.7 Å². The van der Waals surface area contributed by atoms with Crippen LogP contribution in [0.2, 0.25) is 0 Å². The van der Waals surface area contributed by atoms with Gasteiger partial charge in [0.2, 0.25) is 0 Å². The molecule has 3 aliphatic rings. The van der Waals surface area contributed by atoms with Gasteiger partial charge in [0.15, 0.2) is 0 Å². The van der Waals surface area contributed by atoms with Gasteiger partial charge in [0, 0.05) is 72.2 Å². The molecule has 0 unspecified atom stereocenters. The molecule has 1 spiro atoms. The molecular weight excluding hydrogens is 1310 g/mol. The highest BCUT2D eigenvalue weighted by Gasteiger charge is 2.52. The van der Waals surface area contributed by atoms with Gasteiger partial charge in [-0.25, -0.2) is 0 Å². The Balaban J connectivity index is 0.639. The maximum atomic E-state index is 2.52. The molecule has 0 atom stereocenters. The Labute approximate surface area is 627 Å². The average Bonchev–Trinajstić information content (AvgIpc) is 1.50. The van der Waals surface area contributed by atoms with E-state index in [4.69, 9.17) is 0 Å². The van der Waals surface area contributed by atoms with E-state index in [1.807, 2.05) is 0 Å². The fourth-order valence-electron chi connectivity index (χ4n) is 19.2. The van der Waals surface area contributed by atoms with E-state index in [2.05, 4.69) is 421 Å². The van der Waals surface area contributed by atoms with Gasteiger partial charge < -0.3 is 18.9 Å². The first-order chi connectivity index (χ1) is 53.3. The minimum atomic E-state index is -0.616. The van der Waals surface area contributed by atoms with Crippen LogP contribution in [0.15, 0.2) is 388 Å². The van der Waals surface area contributed by atoms with Crippen LogP contribution >= 0.6 is 0 Å². The van der Waals surface area contributed by atoms with E-state index in [1.165, 1.54) is 132 Å². The van der Waals surface area contributed by atoms with E-state index in [9.17, 15) is 0 Å². The number of aromatic nitrogens is 2. The highest BCUT2D eigenvalue weighted by molar-refractivity contribution is 6.18. The van der Waals surface area contributed by atoms with Gasteiger partial charge in [0.05, 0.1) is 33.2 Å². The monoisotopic (exact) mass is 1370 g/mol. The molecule has 17 aromatic carbocycles. The standard InChI is InChI=1S/C104H70N4/c1-103(2)90-36-14-8-28-80(90)83-63-61-78(65-94(83)103)106(96-43-20-24-71-23-6-7-27-79(71)96)74-55-47-68(48-56-74)70-51-59-76(60-52-70)108-99-42-19-13-33-89(99)102-87(35-22-44-100(102)108)86-34-21-39-93-101(86)88-64-62-77(66-95(88)104(93)91-37-15-9-29-81(91)82-30-10-16-38-92(82)104)105(72-25-4-3-5-26-72)73-53-45-67(46-54-73)69-49-57-75(58-50-69)107-97-40-17-11-31-84(97)85-32-12-18-41-98(85)107/h3-66H,1-2H3. The van der Waals surface area contributed by atoms with Gasteiger partial charge in [0.25, 0.3) is 0 Å². The molecule has 4 nitrogen and oxygen atoms in total. The summed E-state index contributed by atoms with van der Waals surface area (Å²) in [5.74, 6) is 0. The van der Waals surface area contributed by atoms with Gasteiger partial charge in [-0.1, -0.05) is 287 Å². The Bertz CT molecular complexity index is 6770. The molecule has 108 heavy (non-hydrogen) atoms. The molecule has 3 aliphatic carbocycles. The number of para-hydroxylation sites is 4. The van der Waals surface area contributed by atoms with Crippen LogP contribution < -0.4 is 9.80 Å². The van der Waals surface area contributed by atoms with Gasteiger partial charge in [-0.15, -0.1) is 0 Å². The minimum absolute atomic E-state index is 0.135. The molecule has 0 N–H and O–H groups in total. The molecular formula is C104H70N4. The minimum Gasteiger partial charge on any atom is -0.310 e. The molecule has 19 aromatic rings. The second-order valence-electron chi connectivity index (χ2n) is 29.8. The fraction of sp³-hybridized carbons (Fsp3) is 0.0385. The van der Waals surface area contributed by atoms with Crippen LogP contribution in [0.1, 0.15) is 47.2 Å². The lowest BCUT2D eigenvalue weighted by molar-refractivity contribution is 0.660.